The van der Waals surface area contributed by atoms with Crippen LogP contribution in [0.1, 0.15) is 18.9 Å². The second-order valence-electron chi connectivity index (χ2n) is 5.19. The van der Waals surface area contributed by atoms with Crippen molar-refractivity contribution >= 4 is 27.5 Å². The first-order valence-corrected chi connectivity index (χ1v) is 8.98. The van der Waals surface area contributed by atoms with Gasteiger partial charge in [-0.25, -0.2) is 13.2 Å². The number of aliphatic hydroxyl groups excluding tert-OH is 1. The van der Waals surface area contributed by atoms with Crippen molar-refractivity contribution in [3.05, 3.63) is 35.9 Å². The third-order valence-corrected chi connectivity index (χ3v) is 4.79. The van der Waals surface area contributed by atoms with Gasteiger partial charge >= 0.3 is 5.97 Å². The summed E-state index contributed by atoms with van der Waals surface area (Å²) in [6.45, 7) is 1.48. The molecule has 9 heteroatoms. The van der Waals surface area contributed by atoms with Crippen LogP contribution in [-0.2, 0) is 30.0 Å². The number of rotatable bonds is 9. The highest BCUT2D eigenvalue weighted by Crippen LogP contribution is 2.08. The van der Waals surface area contributed by atoms with Gasteiger partial charge in [-0.05, 0) is 12.0 Å². The number of hydrogen-bond donors (Lipinski definition) is 3. The lowest BCUT2D eigenvalue weighted by Crippen LogP contribution is -2.48. The van der Waals surface area contributed by atoms with Crippen molar-refractivity contribution < 1.29 is 33.0 Å². The van der Waals surface area contributed by atoms with Crippen molar-refractivity contribution in [3.63, 3.8) is 0 Å². The van der Waals surface area contributed by atoms with E-state index in [4.69, 9.17) is 5.11 Å². The quantitative estimate of drug-likeness (QED) is 0.507. The summed E-state index contributed by atoms with van der Waals surface area (Å²) in [5.74, 6) is -5.22. The number of carboxylic acid groups (broad SMARTS) is 1. The Bertz CT molecular complexity index is 700. The number of benzene rings is 1. The van der Waals surface area contributed by atoms with E-state index in [0.717, 1.165) is 0 Å². The lowest BCUT2D eigenvalue weighted by molar-refractivity contribution is -0.150. The molecule has 3 N–H and O–H groups in total. The van der Waals surface area contributed by atoms with Crippen LogP contribution in [-0.4, -0.2) is 54.2 Å². The van der Waals surface area contributed by atoms with E-state index < -0.39 is 45.4 Å². The maximum absolute atomic E-state index is 12.0. The number of carboxylic acids is 1. The number of sulfone groups is 1. The molecule has 0 saturated carbocycles. The predicted octanol–water partition coefficient (Wildman–Crippen LogP) is -0.489. The first kappa shape index (κ1) is 19.8. The Morgan fingerprint density at radius 2 is 1.75 bits per heavy atom. The van der Waals surface area contributed by atoms with Crippen LogP contribution in [0.25, 0.3) is 0 Å². The average Bonchev–Trinajstić information content (AvgIpc) is 2.51. The molecule has 0 heterocycles. The highest BCUT2D eigenvalue weighted by atomic mass is 32.2. The number of nitrogens with one attached hydrogen (secondary N) is 1. The zero-order valence-electron chi connectivity index (χ0n) is 13.0. The van der Waals surface area contributed by atoms with Gasteiger partial charge in [-0.2, -0.15) is 0 Å². The summed E-state index contributed by atoms with van der Waals surface area (Å²) in [6.07, 6.45) is -1.89. The molecule has 1 rings (SSSR count). The number of Topliss-reactive ketones (excluding diaryl/α,β-unsaturated/α-hetero) is 1. The molecule has 8 nitrogen and oxygen atoms in total. The molecular formula is C15H19NO7S. The molecule has 132 valence electrons. The lowest BCUT2D eigenvalue weighted by atomic mass is 10.1. The Labute approximate surface area is 139 Å². The van der Waals surface area contributed by atoms with Crippen molar-refractivity contribution in [3.8, 4) is 0 Å². The molecular weight excluding hydrogens is 338 g/mol. The number of hydrogen-bond acceptors (Lipinski definition) is 6. The monoisotopic (exact) mass is 357 g/mol. The third-order valence-electron chi connectivity index (χ3n) is 3.20. The molecule has 24 heavy (non-hydrogen) atoms. The summed E-state index contributed by atoms with van der Waals surface area (Å²) in [5, 5.41) is 20.4. The number of carbonyl (C=O) groups excluding carboxylic acids is 2. The molecule has 0 spiro atoms. The van der Waals surface area contributed by atoms with Crippen molar-refractivity contribution in [2.75, 3.05) is 5.75 Å². The number of aliphatic carboxylic acids is 1. The third kappa shape index (κ3) is 6.09. The van der Waals surface area contributed by atoms with Crippen molar-refractivity contribution in [2.24, 2.45) is 0 Å². The first-order chi connectivity index (χ1) is 11.2. The van der Waals surface area contributed by atoms with Crippen LogP contribution in [0.5, 0.6) is 0 Å². The summed E-state index contributed by atoms with van der Waals surface area (Å²) in [5.41, 5.74) is 0.512. The Hall–Kier alpha value is -2.26. The zero-order valence-corrected chi connectivity index (χ0v) is 13.8. The smallest absolute Gasteiger partial charge is 0.374 e. The van der Waals surface area contributed by atoms with Crippen LogP contribution >= 0.6 is 0 Å². The van der Waals surface area contributed by atoms with Gasteiger partial charge in [0.25, 0.3) is 11.7 Å². The molecule has 0 aliphatic carbocycles. The summed E-state index contributed by atoms with van der Waals surface area (Å²) in [7, 11) is -3.77. The van der Waals surface area contributed by atoms with Crippen LogP contribution in [0.3, 0.4) is 0 Å². The minimum Gasteiger partial charge on any atom is -0.475 e. The summed E-state index contributed by atoms with van der Waals surface area (Å²) in [6, 6.07) is 6.93. The number of carbonyl (C=O) groups is 3. The summed E-state index contributed by atoms with van der Waals surface area (Å²) in [4.78, 5) is 33.8. The molecule has 0 radical (unpaired) electrons. The van der Waals surface area contributed by atoms with Gasteiger partial charge in [-0.15, -0.1) is 0 Å². The van der Waals surface area contributed by atoms with Gasteiger partial charge in [0, 0.05) is 0 Å². The molecule has 2 atom stereocenters. The van der Waals surface area contributed by atoms with E-state index in [9.17, 15) is 27.9 Å². The van der Waals surface area contributed by atoms with E-state index in [0.29, 0.717) is 5.56 Å². The van der Waals surface area contributed by atoms with E-state index >= 15 is 0 Å². The average molecular weight is 357 g/mol. The molecule has 1 aromatic rings. The maximum Gasteiger partial charge on any atom is 0.374 e. The lowest BCUT2D eigenvalue weighted by Gasteiger charge is -2.17. The van der Waals surface area contributed by atoms with Gasteiger partial charge in [0.2, 0.25) is 0 Å². The Morgan fingerprint density at radius 1 is 1.17 bits per heavy atom. The van der Waals surface area contributed by atoms with Gasteiger partial charge < -0.3 is 15.5 Å². The highest BCUT2D eigenvalue weighted by Gasteiger charge is 2.29. The van der Waals surface area contributed by atoms with Crippen molar-refractivity contribution in [1.82, 2.24) is 5.32 Å². The molecule has 0 bridgehead atoms. The number of aliphatic hydroxyl groups is 1. The van der Waals surface area contributed by atoms with Gasteiger partial charge in [0.15, 0.2) is 9.84 Å². The van der Waals surface area contributed by atoms with E-state index in [-0.39, 0.29) is 12.2 Å². The topological polar surface area (TPSA) is 138 Å². The standard InChI is InChI=1S/C15H19NO7S/c1-2-11(13(18)15(20)21)16-14(19)12(17)9-24(22,23)8-10-6-4-3-5-7-10/h3-7,11-12,17H,2,8-9H2,1H3,(H,16,19)(H,20,21)/t11-,12-/m0/s1. The minimum absolute atomic E-state index is 0.000356. The summed E-state index contributed by atoms with van der Waals surface area (Å²) < 4.78 is 24.0. The molecule has 0 aliphatic heterocycles. The van der Waals surface area contributed by atoms with Crippen LogP contribution in [0.15, 0.2) is 30.3 Å². The van der Waals surface area contributed by atoms with Crippen molar-refractivity contribution in [2.45, 2.75) is 31.2 Å². The Kier molecular flexibility index (Phi) is 7.05. The van der Waals surface area contributed by atoms with Gasteiger partial charge in [0.1, 0.15) is 6.10 Å². The van der Waals surface area contributed by atoms with Crippen LogP contribution in [0.4, 0.5) is 0 Å². The molecule has 1 aromatic carbocycles. The molecule has 0 fully saturated rings. The normalized spacial score (nSPS) is 13.8. The van der Waals surface area contributed by atoms with E-state index in [1.54, 1.807) is 30.3 Å². The predicted molar refractivity (Wildman–Crippen MR) is 84.8 cm³/mol. The van der Waals surface area contributed by atoms with Gasteiger partial charge in [-0.3, -0.25) is 9.59 Å². The van der Waals surface area contributed by atoms with Gasteiger partial charge in [0.05, 0.1) is 17.5 Å². The molecule has 0 saturated heterocycles. The number of ketones is 1. The Morgan fingerprint density at radius 3 is 2.25 bits per heavy atom. The Balaban J connectivity index is 2.68. The van der Waals surface area contributed by atoms with Crippen LogP contribution in [0.2, 0.25) is 0 Å². The largest absolute Gasteiger partial charge is 0.475 e. The summed E-state index contributed by atoms with van der Waals surface area (Å²) >= 11 is 0. The zero-order chi connectivity index (χ0) is 18.3. The van der Waals surface area contributed by atoms with E-state index in [1.165, 1.54) is 6.92 Å². The minimum atomic E-state index is -3.77. The molecule has 0 unspecified atom stereocenters. The molecule has 0 aliphatic rings. The molecule has 1 amide bonds. The van der Waals surface area contributed by atoms with E-state index in [2.05, 4.69) is 5.32 Å². The fraction of sp³-hybridized carbons (Fsp3) is 0.400. The fourth-order valence-corrected chi connectivity index (χ4v) is 3.42. The second-order valence-corrected chi connectivity index (χ2v) is 7.30. The second kappa shape index (κ2) is 8.55. The van der Waals surface area contributed by atoms with Crippen molar-refractivity contribution in [1.29, 1.82) is 0 Å². The van der Waals surface area contributed by atoms with E-state index in [1.807, 2.05) is 0 Å². The maximum atomic E-state index is 12.0. The SMILES string of the molecule is CC[C@H](NC(=O)[C@@H](O)CS(=O)(=O)Cc1ccccc1)C(=O)C(=O)O. The fourth-order valence-electron chi connectivity index (χ4n) is 1.97. The van der Waals surface area contributed by atoms with Gasteiger partial charge in [-0.1, -0.05) is 37.3 Å². The molecule has 0 aromatic heterocycles. The highest BCUT2D eigenvalue weighted by molar-refractivity contribution is 7.90. The van der Waals surface area contributed by atoms with Crippen LogP contribution < -0.4 is 5.32 Å². The first-order valence-electron chi connectivity index (χ1n) is 7.16. The number of amides is 1. The van der Waals surface area contributed by atoms with Crippen LogP contribution in [0, 0.1) is 0 Å².